The van der Waals surface area contributed by atoms with Crippen molar-refractivity contribution in [1.29, 1.82) is 0 Å². The van der Waals surface area contributed by atoms with E-state index in [-0.39, 0.29) is 6.04 Å². The van der Waals surface area contributed by atoms with Gasteiger partial charge < -0.3 is 5.73 Å². The largest absolute Gasteiger partial charge is 0.398 e. The molecule has 1 aromatic heterocycles. The van der Waals surface area contributed by atoms with Crippen LogP contribution in [0.15, 0.2) is 18.2 Å². The maximum Gasteiger partial charge on any atom is 0.184 e. The number of hydrogen-bond donors (Lipinski definition) is 1. The molecule has 1 heterocycles. The van der Waals surface area contributed by atoms with E-state index in [0.29, 0.717) is 16.5 Å². The van der Waals surface area contributed by atoms with Crippen molar-refractivity contribution in [3.63, 3.8) is 0 Å². The Balaban J connectivity index is 2.16. The van der Waals surface area contributed by atoms with Crippen molar-refractivity contribution in [2.75, 3.05) is 5.73 Å². The molecule has 0 spiro atoms. The Morgan fingerprint density at radius 3 is 2.86 bits per heavy atom. The molecule has 0 radical (unpaired) electrons. The summed E-state index contributed by atoms with van der Waals surface area (Å²) >= 11 is 6.05. The van der Waals surface area contributed by atoms with Crippen LogP contribution in [0.3, 0.4) is 0 Å². The highest BCUT2D eigenvalue weighted by molar-refractivity contribution is 6.31. The molecule has 0 saturated heterocycles. The van der Waals surface area contributed by atoms with E-state index < -0.39 is 0 Å². The Morgan fingerprint density at radius 2 is 2.10 bits per heavy atom. The summed E-state index contributed by atoms with van der Waals surface area (Å²) in [6.07, 6.45) is 6.00. The number of benzene rings is 1. The third kappa shape index (κ3) is 3.94. The van der Waals surface area contributed by atoms with E-state index in [2.05, 4.69) is 29.4 Å². The lowest BCUT2D eigenvalue weighted by Gasteiger charge is -2.14. The molecule has 2 aromatic rings. The molecule has 1 atom stereocenters. The van der Waals surface area contributed by atoms with Gasteiger partial charge in [-0.25, -0.2) is 4.68 Å². The fourth-order valence-electron chi connectivity index (χ4n) is 2.38. The van der Waals surface area contributed by atoms with Crippen molar-refractivity contribution in [3.05, 3.63) is 23.2 Å². The van der Waals surface area contributed by atoms with Gasteiger partial charge in [-0.3, -0.25) is 0 Å². The van der Waals surface area contributed by atoms with Crippen molar-refractivity contribution < 1.29 is 0 Å². The van der Waals surface area contributed by atoms with Crippen LogP contribution in [-0.4, -0.2) is 20.2 Å². The number of rotatable bonds is 7. The van der Waals surface area contributed by atoms with Crippen LogP contribution in [0.1, 0.15) is 52.0 Å². The Hall–Kier alpha value is -1.62. The zero-order chi connectivity index (χ0) is 15.2. The second-order valence-corrected chi connectivity index (χ2v) is 5.81. The van der Waals surface area contributed by atoms with Crippen LogP contribution in [0.5, 0.6) is 0 Å². The average molecular weight is 308 g/mol. The first-order chi connectivity index (χ1) is 10.1. The molecule has 114 valence electrons. The van der Waals surface area contributed by atoms with Crippen LogP contribution < -0.4 is 5.73 Å². The van der Waals surface area contributed by atoms with Crippen LogP contribution in [0.4, 0.5) is 5.69 Å². The molecule has 2 N–H and O–H groups in total. The topological polar surface area (TPSA) is 69.6 Å². The van der Waals surface area contributed by atoms with E-state index in [4.69, 9.17) is 17.3 Å². The summed E-state index contributed by atoms with van der Waals surface area (Å²) in [5.74, 6) is 0.679. The van der Waals surface area contributed by atoms with Crippen LogP contribution in [0.25, 0.3) is 11.4 Å². The predicted molar refractivity (Wildman–Crippen MR) is 86.1 cm³/mol. The van der Waals surface area contributed by atoms with E-state index in [1.165, 1.54) is 25.7 Å². The SMILES string of the molecule is CCCCCCC(C)n1nnnc1-c1cc(Cl)ccc1N. The highest BCUT2D eigenvalue weighted by Crippen LogP contribution is 2.29. The Labute approximate surface area is 130 Å². The maximum atomic E-state index is 6.05. The van der Waals surface area contributed by atoms with Crippen LogP contribution in [0, 0.1) is 0 Å². The van der Waals surface area contributed by atoms with Gasteiger partial charge in [-0.1, -0.05) is 44.2 Å². The van der Waals surface area contributed by atoms with E-state index in [1.807, 2.05) is 10.7 Å². The molecule has 0 fully saturated rings. The molecule has 1 aromatic carbocycles. The van der Waals surface area contributed by atoms with Crippen molar-refractivity contribution in [1.82, 2.24) is 20.2 Å². The minimum atomic E-state index is 0.241. The van der Waals surface area contributed by atoms with Crippen LogP contribution in [0.2, 0.25) is 5.02 Å². The van der Waals surface area contributed by atoms with Gasteiger partial charge in [0.05, 0.1) is 6.04 Å². The third-order valence-corrected chi connectivity index (χ3v) is 3.88. The number of nitrogen functional groups attached to an aromatic ring is 1. The van der Waals surface area contributed by atoms with E-state index >= 15 is 0 Å². The van der Waals surface area contributed by atoms with Gasteiger partial charge in [-0.2, -0.15) is 0 Å². The van der Waals surface area contributed by atoms with Crippen LogP contribution in [-0.2, 0) is 0 Å². The summed E-state index contributed by atoms with van der Waals surface area (Å²) in [5, 5.41) is 12.7. The minimum Gasteiger partial charge on any atom is -0.398 e. The molecular weight excluding hydrogens is 286 g/mol. The fourth-order valence-corrected chi connectivity index (χ4v) is 2.55. The van der Waals surface area contributed by atoms with Crippen molar-refractivity contribution >= 4 is 17.3 Å². The molecule has 0 saturated carbocycles. The normalized spacial score (nSPS) is 12.5. The number of halogens is 1. The summed E-state index contributed by atoms with van der Waals surface area (Å²) in [6, 6.07) is 5.60. The molecule has 0 aliphatic heterocycles. The Kier molecular flexibility index (Phi) is 5.56. The second-order valence-electron chi connectivity index (χ2n) is 5.38. The first kappa shape index (κ1) is 15.8. The lowest BCUT2D eigenvalue weighted by molar-refractivity contribution is 0.430. The molecule has 1 unspecified atom stereocenters. The van der Waals surface area contributed by atoms with E-state index in [1.54, 1.807) is 12.1 Å². The fraction of sp³-hybridized carbons (Fsp3) is 0.533. The zero-order valence-corrected chi connectivity index (χ0v) is 13.3. The quantitative estimate of drug-likeness (QED) is 0.617. The molecule has 5 nitrogen and oxygen atoms in total. The van der Waals surface area contributed by atoms with Crippen LogP contribution >= 0.6 is 11.6 Å². The molecule has 0 aliphatic rings. The summed E-state index contributed by atoms with van der Waals surface area (Å²) in [7, 11) is 0. The number of anilines is 1. The number of nitrogens with zero attached hydrogens (tertiary/aromatic N) is 4. The molecule has 21 heavy (non-hydrogen) atoms. The Morgan fingerprint density at radius 1 is 1.29 bits per heavy atom. The molecule has 0 amide bonds. The smallest absolute Gasteiger partial charge is 0.184 e. The maximum absolute atomic E-state index is 6.05. The predicted octanol–water partition coefficient (Wildman–Crippen LogP) is 4.11. The van der Waals surface area contributed by atoms with Crippen molar-refractivity contribution in [2.45, 2.75) is 52.0 Å². The van der Waals surface area contributed by atoms with Gasteiger partial charge in [0.15, 0.2) is 5.82 Å². The summed E-state index contributed by atoms with van der Waals surface area (Å²) in [6.45, 7) is 4.34. The first-order valence-electron chi connectivity index (χ1n) is 7.46. The second kappa shape index (κ2) is 7.41. The number of aromatic nitrogens is 4. The Bertz CT molecular complexity index is 581. The number of hydrogen-bond acceptors (Lipinski definition) is 4. The standard InChI is InChI=1S/C15H22ClN5/c1-3-4-5-6-7-11(2)21-15(18-19-20-21)13-10-12(16)8-9-14(13)17/h8-11H,3-7,17H2,1-2H3. The summed E-state index contributed by atoms with van der Waals surface area (Å²) in [4.78, 5) is 0. The molecular formula is C15H22ClN5. The first-order valence-corrected chi connectivity index (χ1v) is 7.84. The zero-order valence-electron chi connectivity index (χ0n) is 12.6. The number of nitrogens with two attached hydrogens (primary N) is 1. The number of tetrazole rings is 1. The third-order valence-electron chi connectivity index (χ3n) is 3.64. The van der Waals surface area contributed by atoms with Gasteiger partial charge in [0.1, 0.15) is 0 Å². The molecule has 0 aliphatic carbocycles. The van der Waals surface area contributed by atoms with Crippen molar-refractivity contribution in [2.24, 2.45) is 0 Å². The lowest BCUT2D eigenvalue weighted by Crippen LogP contribution is -2.10. The van der Waals surface area contributed by atoms with Gasteiger partial charge in [-0.05, 0) is 42.0 Å². The summed E-state index contributed by atoms with van der Waals surface area (Å²) in [5.41, 5.74) is 7.44. The lowest BCUT2D eigenvalue weighted by atomic mass is 10.1. The van der Waals surface area contributed by atoms with Gasteiger partial charge in [0.2, 0.25) is 0 Å². The highest BCUT2D eigenvalue weighted by Gasteiger charge is 2.16. The van der Waals surface area contributed by atoms with Gasteiger partial charge in [-0.15, -0.1) is 5.10 Å². The summed E-state index contributed by atoms with van der Waals surface area (Å²) < 4.78 is 1.84. The molecule has 0 bridgehead atoms. The van der Waals surface area contributed by atoms with Gasteiger partial charge >= 0.3 is 0 Å². The highest BCUT2D eigenvalue weighted by atomic mass is 35.5. The minimum absolute atomic E-state index is 0.241. The monoisotopic (exact) mass is 307 g/mol. The molecule has 6 heteroatoms. The van der Waals surface area contributed by atoms with E-state index in [9.17, 15) is 0 Å². The van der Waals surface area contributed by atoms with Crippen molar-refractivity contribution in [3.8, 4) is 11.4 Å². The van der Waals surface area contributed by atoms with E-state index in [0.717, 1.165) is 12.0 Å². The van der Waals surface area contributed by atoms with Gasteiger partial charge in [0.25, 0.3) is 0 Å². The average Bonchev–Trinajstić information content (AvgIpc) is 2.95. The molecule has 2 rings (SSSR count). The van der Waals surface area contributed by atoms with Gasteiger partial charge in [0, 0.05) is 16.3 Å². The number of unbranched alkanes of at least 4 members (excludes halogenated alkanes) is 3.